The zero-order chi connectivity index (χ0) is 19.8. The van der Waals surface area contributed by atoms with Crippen molar-refractivity contribution < 1.29 is 4.79 Å². The monoisotopic (exact) mass is 375 g/mol. The first kappa shape index (κ1) is 19.9. The maximum atomic E-state index is 12.5. The van der Waals surface area contributed by atoms with Crippen molar-refractivity contribution in [1.82, 2.24) is 10.6 Å². The third-order valence-corrected chi connectivity index (χ3v) is 5.05. The molecule has 0 aliphatic carbocycles. The molecule has 0 saturated carbocycles. The van der Waals surface area contributed by atoms with Gasteiger partial charge in [-0.1, -0.05) is 48.5 Å². The van der Waals surface area contributed by atoms with Crippen molar-refractivity contribution in [2.45, 2.75) is 26.3 Å². The van der Waals surface area contributed by atoms with Crippen LogP contribution in [0.15, 0.2) is 60.7 Å². The van der Waals surface area contributed by atoms with Crippen LogP contribution in [0.3, 0.4) is 0 Å². The second kappa shape index (κ2) is 9.90. The molecule has 1 aliphatic rings. The Morgan fingerprint density at radius 3 is 2.46 bits per heavy atom. The molecule has 4 nitrogen and oxygen atoms in total. The fourth-order valence-electron chi connectivity index (χ4n) is 3.36. The van der Waals surface area contributed by atoms with Gasteiger partial charge in [-0.05, 0) is 66.9 Å². The van der Waals surface area contributed by atoms with Crippen LogP contribution in [-0.2, 0) is 6.54 Å². The molecule has 1 aliphatic heterocycles. The van der Waals surface area contributed by atoms with E-state index in [0.717, 1.165) is 16.8 Å². The molecular formula is C24H29N3O. The van der Waals surface area contributed by atoms with Crippen LogP contribution in [0.5, 0.6) is 0 Å². The molecule has 1 saturated heterocycles. The molecule has 3 aromatic carbocycles. The summed E-state index contributed by atoms with van der Waals surface area (Å²) in [6.07, 6.45) is 2.78. The Morgan fingerprint density at radius 1 is 1.00 bits per heavy atom. The number of rotatable bonds is 4. The Kier molecular flexibility index (Phi) is 7.04. The van der Waals surface area contributed by atoms with Crippen LogP contribution in [0.25, 0.3) is 10.8 Å². The maximum Gasteiger partial charge on any atom is 0.251 e. The van der Waals surface area contributed by atoms with Gasteiger partial charge in [-0.2, -0.15) is 0 Å². The number of benzene rings is 3. The Balaban J connectivity index is 0.000000391. The van der Waals surface area contributed by atoms with Crippen molar-refractivity contribution in [2.75, 3.05) is 25.5 Å². The molecule has 3 aromatic rings. The van der Waals surface area contributed by atoms with E-state index < -0.39 is 0 Å². The van der Waals surface area contributed by atoms with Crippen molar-refractivity contribution in [3.63, 3.8) is 0 Å². The number of aryl methyl sites for hydroxylation is 1. The van der Waals surface area contributed by atoms with Crippen LogP contribution in [0, 0.1) is 6.92 Å². The SMILES string of the molecule is C1CCNC1.CNc1ccc(C)c(C(=O)NCc2cccc3ccccc23)c1. The number of anilines is 1. The first-order valence-electron chi connectivity index (χ1n) is 9.93. The summed E-state index contributed by atoms with van der Waals surface area (Å²) in [7, 11) is 1.85. The third-order valence-electron chi connectivity index (χ3n) is 5.05. The first-order chi connectivity index (χ1) is 13.7. The molecule has 1 amide bonds. The second-order valence-corrected chi connectivity index (χ2v) is 7.06. The van der Waals surface area contributed by atoms with Gasteiger partial charge in [0.25, 0.3) is 5.91 Å². The average Bonchev–Trinajstić information content (AvgIpc) is 3.32. The van der Waals surface area contributed by atoms with Crippen molar-refractivity contribution in [2.24, 2.45) is 0 Å². The molecule has 0 radical (unpaired) electrons. The molecule has 4 rings (SSSR count). The van der Waals surface area contributed by atoms with Gasteiger partial charge in [0.15, 0.2) is 0 Å². The number of hydrogen-bond acceptors (Lipinski definition) is 3. The van der Waals surface area contributed by atoms with Gasteiger partial charge in [-0.25, -0.2) is 0 Å². The standard InChI is InChI=1S/C20H20N2O.C4H9N/c1-14-10-11-17(21-2)12-19(14)20(23)22-13-16-8-5-7-15-6-3-4-9-18(15)16;1-2-4-5-3-1/h3-12,21H,13H2,1-2H3,(H,22,23);5H,1-4H2. The van der Waals surface area contributed by atoms with E-state index in [4.69, 9.17) is 0 Å². The topological polar surface area (TPSA) is 53.2 Å². The predicted molar refractivity (Wildman–Crippen MR) is 118 cm³/mol. The zero-order valence-electron chi connectivity index (χ0n) is 16.7. The smallest absolute Gasteiger partial charge is 0.251 e. The fraction of sp³-hybridized carbons (Fsp3) is 0.292. The van der Waals surface area contributed by atoms with Crippen molar-refractivity contribution in [1.29, 1.82) is 0 Å². The van der Waals surface area contributed by atoms with E-state index in [9.17, 15) is 4.79 Å². The van der Waals surface area contributed by atoms with Gasteiger partial charge in [0.1, 0.15) is 0 Å². The Bertz CT molecular complexity index is 919. The van der Waals surface area contributed by atoms with Crippen LogP contribution >= 0.6 is 0 Å². The first-order valence-corrected chi connectivity index (χ1v) is 9.93. The summed E-state index contributed by atoms with van der Waals surface area (Å²) in [5, 5.41) is 11.7. The van der Waals surface area contributed by atoms with Gasteiger partial charge < -0.3 is 16.0 Å². The molecule has 1 fully saturated rings. The molecule has 0 unspecified atom stereocenters. The predicted octanol–water partition coefficient (Wildman–Crippen LogP) is 4.49. The molecule has 0 bridgehead atoms. The van der Waals surface area contributed by atoms with E-state index in [1.807, 2.05) is 50.4 Å². The van der Waals surface area contributed by atoms with E-state index in [1.165, 1.54) is 36.7 Å². The minimum absolute atomic E-state index is 0.0486. The number of carbonyl (C=O) groups excluding carboxylic acids is 1. The average molecular weight is 376 g/mol. The minimum Gasteiger partial charge on any atom is -0.388 e. The highest BCUT2D eigenvalue weighted by atomic mass is 16.1. The summed E-state index contributed by atoms with van der Waals surface area (Å²) >= 11 is 0. The Labute approximate surface area is 167 Å². The number of carbonyl (C=O) groups is 1. The molecular weight excluding hydrogens is 346 g/mol. The van der Waals surface area contributed by atoms with Crippen LogP contribution < -0.4 is 16.0 Å². The van der Waals surface area contributed by atoms with Crippen molar-refractivity contribution in [3.05, 3.63) is 77.4 Å². The molecule has 28 heavy (non-hydrogen) atoms. The van der Waals surface area contributed by atoms with Crippen molar-refractivity contribution >= 4 is 22.4 Å². The lowest BCUT2D eigenvalue weighted by Gasteiger charge is -2.11. The van der Waals surface area contributed by atoms with Crippen LogP contribution in [-0.4, -0.2) is 26.0 Å². The van der Waals surface area contributed by atoms with Gasteiger partial charge in [-0.15, -0.1) is 0 Å². The van der Waals surface area contributed by atoms with E-state index in [1.54, 1.807) is 0 Å². The summed E-state index contributed by atoms with van der Waals surface area (Å²) in [6.45, 7) is 4.97. The van der Waals surface area contributed by atoms with E-state index in [-0.39, 0.29) is 5.91 Å². The maximum absolute atomic E-state index is 12.5. The van der Waals surface area contributed by atoms with Gasteiger partial charge in [-0.3, -0.25) is 4.79 Å². The molecule has 4 heteroatoms. The summed E-state index contributed by atoms with van der Waals surface area (Å²) in [5.74, 6) is -0.0486. The number of fused-ring (bicyclic) bond motifs is 1. The van der Waals surface area contributed by atoms with Gasteiger partial charge in [0.2, 0.25) is 0 Å². The summed E-state index contributed by atoms with van der Waals surface area (Å²) < 4.78 is 0. The Morgan fingerprint density at radius 2 is 1.75 bits per heavy atom. The largest absolute Gasteiger partial charge is 0.388 e. The third kappa shape index (κ3) is 5.11. The molecule has 0 spiro atoms. The fourth-order valence-corrected chi connectivity index (χ4v) is 3.36. The molecule has 3 N–H and O–H groups in total. The summed E-state index contributed by atoms with van der Waals surface area (Å²) in [6, 6.07) is 20.2. The number of amides is 1. The highest BCUT2D eigenvalue weighted by molar-refractivity contribution is 5.97. The van der Waals surface area contributed by atoms with E-state index in [2.05, 4.69) is 40.2 Å². The minimum atomic E-state index is -0.0486. The molecule has 146 valence electrons. The number of hydrogen-bond donors (Lipinski definition) is 3. The van der Waals surface area contributed by atoms with Crippen LogP contribution in [0.2, 0.25) is 0 Å². The van der Waals surface area contributed by atoms with Crippen LogP contribution in [0.4, 0.5) is 5.69 Å². The highest BCUT2D eigenvalue weighted by Gasteiger charge is 2.10. The lowest BCUT2D eigenvalue weighted by atomic mass is 10.0. The van der Waals surface area contributed by atoms with Gasteiger partial charge in [0.05, 0.1) is 0 Å². The van der Waals surface area contributed by atoms with E-state index in [0.29, 0.717) is 12.1 Å². The van der Waals surface area contributed by atoms with Gasteiger partial charge in [0, 0.05) is 24.8 Å². The van der Waals surface area contributed by atoms with Crippen LogP contribution in [0.1, 0.15) is 34.3 Å². The molecule has 0 aromatic heterocycles. The lowest BCUT2D eigenvalue weighted by Crippen LogP contribution is -2.23. The van der Waals surface area contributed by atoms with Crippen molar-refractivity contribution in [3.8, 4) is 0 Å². The quantitative estimate of drug-likeness (QED) is 0.630. The highest BCUT2D eigenvalue weighted by Crippen LogP contribution is 2.19. The normalized spacial score (nSPS) is 12.9. The second-order valence-electron chi connectivity index (χ2n) is 7.06. The van der Waals surface area contributed by atoms with E-state index >= 15 is 0 Å². The lowest BCUT2D eigenvalue weighted by molar-refractivity contribution is 0.0950. The summed E-state index contributed by atoms with van der Waals surface area (Å²) in [4.78, 5) is 12.5. The zero-order valence-corrected chi connectivity index (χ0v) is 16.7. The van der Waals surface area contributed by atoms with Gasteiger partial charge >= 0.3 is 0 Å². The molecule has 1 heterocycles. The Hall–Kier alpha value is -2.85. The molecule has 0 atom stereocenters. The summed E-state index contributed by atoms with van der Waals surface area (Å²) in [5.41, 5.74) is 3.74. The number of nitrogens with one attached hydrogen (secondary N) is 3.